The van der Waals surface area contributed by atoms with Crippen LogP contribution in [0.1, 0.15) is 32.6 Å². The number of nitro groups is 1. The molecule has 1 heterocycles. The number of nitro benzene ring substituents is 1. The quantitative estimate of drug-likeness (QED) is 0.119. The number of hydrogen-bond donors (Lipinski definition) is 2. The fourth-order valence-corrected chi connectivity index (χ4v) is 4.71. The van der Waals surface area contributed by atoms with Gasteiger partial charge in [0.2, 0.25) is 0 Å². The van der Waals surface area contributed by atoms with Gasteiger partial charge in [-0.05, 0) is 70.3 Å². The predicted molar refractivity (Wildman–Crippen MR) is 170 cm³/mol. The minimum Gasteiger partial charge on any atom is -0.348 e. The number of nitrogens with one attached hydrogen (secondary N) is 2. The third kappa shape index (κ3) is 8.78. The van der Waals surface area contributed by atoms with Crippen molar-refractivity contribution in [2.45, 2.75) is 25.8 Å². The van der Waals surface area contributed by atoms with Crippen molar-refractivity contribution in [1.29, 1.82) is 0 Å². The number of non-ortho nitro benzene ring substituents is 1. The van der Waals surface area contributed by atoms with Gasteiger partial charge in [-0.15, -0.1) is 0 Å². The van der Waals surface area contributed by atoms with Gasteiger partial charge < -0.3 is 15.5 Å². The number of nitrogens with zero attached hydrogens (tertiary/aromatic N) is 3. The largest absolute Gasteiger partial charge is 0.416 e. The minimum atomic E-state index is -4.47. The van der Waals surface area contributed by atoms with E-state index < -0.39 is 22.7 Å². The van der Waals surface area contributed by atoms with Crippen molar-refractivity contribution in [3.63, 3.8) is 0 Å². The summed E-state index contributed by atoms with van der Waals surface area (Å²) in [4.78, 5) is 41.6. The second kappa shape index (κ2) is 14.4. The molecule has 0 aliphatic rings. The summed E-state index contributed by atoms with van der Waals surface area (Å²) in [6.45, 7) is 0.732. The molecule has 0 saturated heterocycles. The van der Waals surface area contributed by atoms with Crippen LogP contribution in [-0.2, 0) is 25.8 Å². The Morgan fingerprint density at radius 1 is 0.766 bits per heavy atom. The topological polar surface area (TPSA) is 117 Å². The smallest absolute Gasteiger partial charge is 0.348 e. The number of anilines is 1. The molecular weight excluding hydrogens is 611 g/mol. The van der Waals surface area contributed by atoms with E-state index in [2.05, 4.69) is 15.6 Å². The molecule has 0 bridgehead atoms. The number of carbonyl (C=O) groups is 2. The van der Waals surface area contributed by atoms with Crippen LogP contribution in [-0.4, -0.2) is 26.7 Å². The number of hydrogen-bond acceptors (Lipinski definition) is 5. The first-order chi connectivity index (χ1) is 22.5. The van der Waals surface area contributed by atoms with Gasteiger partial charge in [0.05, 0.1) is 10.5 Å². The lowest BCUT2D eigenvalue weighted by atomic mass is 10.0. The van der Waals surface area contributed by atoms with Crippen LogP contribution in [0, 0.1) is 10.1 Å². The fourth-order valence-electron chi connectivity index (χ4n) is 4.71. The SMILES string of the molecule is O=C(NCc1ccc(-c2ccc(CN(Cc3cccnc3)C(=O)Nc3ccc(C(F)(F)F)cc3)cc2)cc1)c1ccc([N+](=O)[O-])cc1. The summed E-state index contributed by atoms with van der Waals surface area (Å²) in [5.74, 6) is -0.342. The van der Waals surface area contributed by atoms with Gasteiger partial charge in [0.1, 0.15) is 0 Å². The second-order valence-electron chi connectivity index (χ2n) is 10.6. The Kier molecular flexibility index (Phi) is 9.90. The highest BCUT2D eigenvalue weighted by atomic mass is 19.4. The molecule has 1 aromatic heterocycles. The molecule has 0 fully saturated rings. The number of rotatable bonds is 10. The molecule has 5 rings (SSSR count). The highest BCUT2D eigenvalue weighted by Crippen LogP contribution is 2.30. The summed E-state index contributed by atoms with van der Waals surface area (Å²) in [7, 11) is 0. The van der Waals surface area contributed by atoms with Gasteiger partial charge in [-0.1, -0.05) is 54.6 Å². The van der Waals surface area contributed by atoms with Crippen LogP contribution in [0.25, 0.3) is 11.1 Å². The lowest BCUT2D eigenvalue weighted by Gasteiger charge is -2.23. The molecule has 238 valence electrons. The highest BCUT2D eigenvalue weighted by molar-refractivity contribution is 5.94. The van der Waals surface area contributed by atoms with Crippen LogP contribution in [0.4, 0.5) is 29.3 Å². The number of pyridine rings is 1. The molecule has 3 amide bonds. The maximum Gasteiger partial charge on any atom is 0.416 e. The summed E-state index contributed by atoms with van der Waals surface area (Å²) in [6, 6.07) is 28.1. The summed E-state index contributed by atoms with van der Waals surface area (Å²) in [5, 5.41) is 16.3. The Hall–Kier alpha value is -6.04. The van der Waals surface area contributed by atoms with E-state index in [1.54, 1.807) is 23.4 Å². The summed E-state index contributed by atoms with van der Waals surface area (Å²) in [6.07, 6.45) is -1.20. The molecule has 2 N–H and O–H groups in total. The average molecular weight is 640 g/mol. The maximum absolute atomic E-state index is 13.3. The molecule has 0 saturated carbocycles. The van der Waals surface area contributed by atoms with Crippen molar-refractivity contribution in [3.05, 3.63) is 160 Å². The molecule has 0 radical (unpaired) electrons. The number of carbonyl (C=O) groups excluding carboxylic acids is 2. The summed E-state index contributed by atoms with van der Waals surface area (Å²) >= 11 is 0. The van der Waals surface area contributed by atoms with E-state index in [1.807, 2.05) is 54.6 Å². The van der Waals surface area contributed by atoms with Crippen LogP contribution in [0.15, 0.2) is 122 Å². The molecule has 0 aliphatic carbocycles. The molecule has 47 heavy (non-hydrogen) atoms. The van der Waals surface area contributed by atoms with E-state index in [9.17, 15) is 32.9 Å². The van der Waals surface area contributed by atoms with Crippen LogP contribution in [0.5, 0.6) is 0 Å². The molecule has 0 spiro atoms. The zero-order valence-electron chi connectivity index (χ0n) is 24.8. The first-order valence-electron chi connectivity index (χ1n) is 14.4. The van der Waals surface area contributed by atoms with Crippen molar-refractivity contribution in [2.75, 3.05) is 5.32 Å². The molecule has 12 heteroatoms. The van der Waals surface area contributed by atoms with Crippen LogP contribution < -0.4 is 10.6 Å². The second-order valence-corrected chi connectivity index (χ2v) is 10.6. The minimum absolute atomic E-state index is 0.0885. The molecule has 0 atom stereocenters. The van der Waals surface area contributed by atoms with E-state index in [4.69, 9.17) is 0 Å². The van der Waals surface area contributed by atoms with Gasteiger partial charge in [-0.25, -0.2) is 4.79 Å². The summed E-state index contributed by atoms with van der Waals surface area (Å²) in [5.41, 5.74) is 4.04. The number of benzene rings is 4. The monoisotopic (exact) mass is 639 g/mol. The Morgan fingerprint density at radius 2 is 1.36 bits per heavy atom. The third-order valence-electron chi connectivity index (χ3n) is 7.25. The first kappa shape index (κ1) is 32.4. The zero-order valence-corrected chi connectivity index (χ0v) is 24.8. The van der Waals surface area contributed by atoms with Crippen LogP contribution in [0.2, 0.25) is 0 Å². The number of halogens is 3. The van der Waals surface area contributed by atoms with E-state index in [1.165, 1.54) is 36.4 Å². The summed E-state index contributed by atoms with van der Waals surface area (Å²) < 4.78 is 38.9. The fraction of sp³-hybridized carbons (Fsp3) is 0.114. The van der Waals surface area contributed by atoms with Crippen LogP contribution in [0.3, 0.4) is 0 Å². The maximum atomic E-state index is 13.3. The molecular formula is C35H28F3N5O4. The molecule has 9 nitrogen and oxygen atoms in total. The molecule has 5 aromatic rings. The van der Waals surface area contributed by atoms with Gasteiger partial charge in [-0.2, -0.15) is 13.2 Å². The lowest BCUT2D eigenvalue weighted by molar-refractivity contribution is -0.384. The van der Waals surface area contributed by atoms with E-state index in [0.29, 0.717) is 5.56 Å². The normalized spacial score (nSPS) is 11.0. The number of amides is 3. The van der Waals surface area contributed by atoms with Gasteiger partial charge >= 0.3 is 12.2 Å². The Balaban J connectivity index is 1.21. The van der Waals surface area contributed by atoms with Crippen molar-refractivity contribution < 1.29 is 27.7 Å². The number of aromatic nitrogens is 1. The predicted octanol–water partition coefficient (Wildman–Crippen LogP) is 7.84. The Morgan fingerprint density at radius 3 is 1.91 bits per heavy atom. The standard InChI is InChI=1S/C35H28F3N5O4/c36-35(37,38)30-13-15-31(16-14-30)41-34(45)42(23-26-2-1-19-39-20-26)22-25-5-9-28(10-6-25)27-7-3-24(4-8-27)21-40-33(44)29-11-17-32(18-12-29)43(46)47/h1-20H,21-23H2,(H,40,44)(H,41,45). The number of urea groups is 1. The Bertz CT molecular complexity index is 1830. The average Bonchev–Trinajstić information content (AvgIpc) is 3.08. The van der Waals surface area contributed by atoms with Gasteiger partial charge in [0.15, 0.2) is 0 Å². The van der Waals surface area contributed by atoms with E-state index in [-0.39, 0.29) is 36.9 Å². The lowest BCUT2D eigenvalue weighted by Crippen LogP contribution is -2.34. The van der Waals surface area contributed by atoms with Crippen molar-refractivity contribution in [2.24, 2.45) is 0 Å². The van der Waals surface area contributed by atoms with E-state index in [0.717, 1.165) is 39.9 Å². The number of alkyl halides is 3. The van der Waals surface area contributed by atoms with Gasteiger partial charge in [0.25, 0.3) is 11.6 Å². The van der Waals surface area contributed by atoms with Crippen molar-refractivity contribution in [1.82, 2.24) is 15.2 Å². The zero-order chi connectivity index (χ0) is 33.4. The molecule has 0 aliphatic heterocycles. The van der Waals surface area contributed by atoms with Crippen molar-refractivity contribution >= 4 is 23.3 Å². The van der Waals surface area contributed by atoms with Crippen molar-refractivity contribution in [3.8, 4) is 11.1 Å². The van der Waals surface area contributed by atoms with Gasteiger partial charge in [-0.3, -0.25) is 19.9 Å². The highest BCUT2D eigenvalue weighted by Gasteiger charge is 2.30. The molecule has 4 aromatic carbocycles. The molecule has 0 unspecified atom stereocenters. The van der Waals surface area contributed by atoms with Crippen LogP contribution >= 0.6 is 0 Å². The van der Waals surface area contributed by atoms with E-state index >= 15 is 0 Å². The Labute approximate surface area is 267 Å². The van der Waals surface area contributed by atoms with Gasteiger partial charge in [0, 0.05) is 55.4 Å². The first-order valence-corrected chi connectivity index (χ1v) is 14.4. The third-order valence-corrected chi connectivity index (χ3v) is 7.25.